The molecule has 0 saturated carbocycles. The Morgan fingerprint density at radius 3 is 1.35 bits per heavy atom. The maximum absolute atomic E-state index is 10.2. The van der Waals surface area contributed by atoms with Crippen molar-refractivity contribution in [3.05, 3.63) is 0 Å². The van der Waals surface area contributed by atoms with Crippen molar-refractivity contribution in [3.63, 3.8) is 0 Å². The van der Waals surface area contributed by atoms with Gasteiger partial charge in [0.1, 0.15) is 12.1 Å². The monoisotopic (exact) mass is 248 g/mol. The van der Waals surface area contributed by atoms with E-state index in [1.807, 2.05) is 0 Å². The van der Waals surface area contributed by atoms with E-state index in [2.05, 4.69) is 0 Å². The molecule has 0 bridgehead atoms. The molecule has 0 heterocycles. The number of hydrogen-bond acceptors (Lipinski definition) is 4. The first-order chi connectivity index (χ1) is 7.41. The van der Waals surface area contributed by atoms with E-state index in [1.165, 1.54) is 0 Å². The Labute approximate surface area is 102 Å². The fourth-order valence-corrected chi connectivity index (χ4v) is 0.656. The molecule has 0 rings (SSSR count). The largest absolute Gasteiger partial charge is 0.480 e. The zero-order chi connectivity index (χ0) is 14.4. The average molecular weight is 248 g/mol. The van der Waals surface area contributed by atoms with Crippen LogP contribution in [0.1, 0.15) is 34.6 Å². The molecule has 0 aliphatic rings. The molecular weight excluding hydrogens is 224 g/mol. The van der Waals surface area contributed by atoms with Crippen molar-refractivity contribution in [1.29, 1.82) is 0 Å². The van der Waals surface area contributed by atoms with Gasteiger partial charge < -0.3 is 21.7 Å². The molecule has 0 radical (unpaired) electrons. The van der Waals surface area contributed by atoms with Gasteiger partial charge in [0, 0.05) is 0 Å². The van der Waals surface area contributed by atoms with Crippen molar-refractivity contribution in [1.82, 2.24) is 0 Å². The molecule has 0 aromatic heterocycles. The van der Waals surface area contributed by atoms with Crippen molar-refractivity contribution in [2.75, 3.05) is 0 Å². The highest BCUT2D eigenvalue weighted by Crippen LogP contribution is 2.16. The van der Waals surface area contributed by atoms with Crippen LogP contribution in [-0.4, -0.2) is 34.2 Å². The van der Waals surface area contributed by atoms with E-state index in [0.717, 1.165) is 0 Å². The van der Waals surface area contributed by atoms with Crippen LogP contribution in [-0.2, 0) is 9.59 Å². The highest BCUT2D eigenvalue weighted by atomic mass is 16.4. The summed E-state index contributed by atoms with van der Waals surface area (Å²) < 4.78 is 0. The molecule has 0 fully saturated rings. The summed E-state index contributed by atoms with van der Waals surface area (Å²) in [6.07, 6.45) is 0. The third-order valence-corrected chi connectivity index (χ3v) is 2.20. The van der Waals surface area contributed by atoms with E-state index < -0.39 is 24.0 Å². The topological polar surface area (TPSA) is 127 Å². The summed E-state index contributed by atoms with van der Waals surface area (Å²) in [5.74, 6) is -1.85. The number of rotatable bonds is 3. The molecule has 17 heavy (non-hydrogen) atoms. The summed E-state index contributed by atoms with van der Waals surface area (Å²) >= 11 is 0. The van der Waals surface area contributed by atoms with Crippen LogP contribution in [0.3, 0.4) is 0 Å². The summed E-state index contributed by atoms with van der Waals surface area (Å²) in [7, 11) is 0. The number of hydrogen-bond donors (Lipinski definition) is 4. The fraction of sp³-hybridized carbons (Fsp3) is 0.818. The van der Waals surface area contributed by atoms with E-state index in [-0.39, 0.29) is 11.3 Å². The van der Waals surface area contributed by atoms with Gasteiger partial charge in [0.05, 0.1) is 0 Å². The Bertz CT molecular complexity index is 259. The molecule has 2 unspecified atom stereocenters. The summed E-state index contributed by atoms with van der Waals surface area (Å²) in [5.41, 5.74) is 10.1. The first-order valence-corrected chi connectivity index (χ1v) is 5.38. The lowest BCUT2D eigenvalue weighted by molar-refractivity contribution is -0.141. The Balaban J connectivity index is 0. The maximum atomic E-state index is 10.2. The predicted octanol–water partition coefficient (Wildman–Crippen LogP) is 0.499. The Hall–Kier alpha value is -1.14. The zero-order valence-corrected chi connectivity index (χ0v) is 11.1. The molecule has 0 aromatic carbocycles. The van der Waals surface area contributed by atoms with E-state index in [0.29, 0.717) is 0 Å². The van der Waals surface area contributed by atoms with Crippen molar-refractivity contribution < 1.29 is 19.8 Å². The average Bonchev–Trinajstić information content (AvgIpc) is 2.14. The van der Waals surface area contributed by atoms with Crippen molar-refractivity contribution in [2.24, 2.45) is 22.8 Å². The van der Waals surface area contributed by atoms with Crippen molar-refractivity contribution in [2.45, 2.75) is 46.7 Å². The first kappa shape index (κ1) is 18.2. The molecule has 0 aliphatic heterocycles. The van der Waals surface area contributed by atoms with Gasteiger partial charge in [-0.05, 0) is 11.3 Å². The highest BCUT2D eigenvalue weighted by molar-refractivity contribution is 5.74. The summed E-state index contributed by atoms with van der Waals surface area (Å²) in [6, 6.07) is -1.48. The standard InChI is InChI=1S/C6H13NO2.C5H11NO2/c1-6(2,3)4(7)5(8)9;1-3(2)4(6)5(7)8/h4H,7H2,1-3H3,(H,8,9);3-4H,6H2,1-2H3,(H,7,8). The number of carbonyl (C=O) groups is 2. The van der Waals surface area contributed by atoms with E-state index in [4.69, 9.17) is 21.7 Å². The minimum atomic E-state index is -0.942. The van der Waals surface area contributed by atoms with Gasteiger partial charge in [0.25, 0.3) is 0 Å². The van der Waals surface area contributed by atoms with Crippen LogP contribution < -0.4 is 11.5 Å². The first-order valence-electron chi connectivity index (χ1n) is 5.38. The van der Waals surface area contributed by atoms with Crippen molar-refractivity contribution in [3.8, 4) is 0 Å². The van der Waals surface area contributed by atoms with Gasteiger partial charge in [-0.25, -0.2) is 0 Å². The predicted molar refractivity (Wildman–Crippen MR) is 65.5 cm³/mol. The minimum absolute atomic E-state index is 0.0208. The second kappa shape index (κ2) is 7.24. The molecule has 0 spiro atoms. The molecule has 6 nitrogen and oxygen atoms in total. The van der Waals surface area contributed by atoms with Crippen LogP contribution in [0.2, 0.25) is 0 Å². The summed E-state index contributed by atoms with van der Waals surface area (Å²) in [4.78, 5) is 20.2. The number of aliphatic carboxylic acids is 2. The van der Waals surface area contributed by atoms with Gasteiger partial charge >= 0.3 is 11.9 Å². The van der Waals surface area contributed by atoms with Crippen LogP contribution in [0.25, 0.3) is 0 Å². The fourth-order valence-electron chi connectivity index (χ4n) is 0.656. The van der Waals surface area contributed by atoms with E-state index in [1.54, 1.807) is 34.6 Å². The van der Waals surface area contributed by atoms with E-state index >= 15 is 0 Å². The Morgan fingerprint density at radius 2 is 1.35 bits per heavy atom. The highest BCUT2D eigenvalue weighted by Gasteiger charge is 2.26. The molecular formula is C11H24N2O4. The summed E-state index contributed by atoms with van der Waals surface area (Å²) in [6.45, 7) is 8.95. The molecule has 0 aliphatic carbocycles. The molecule has 2 atom stereocenters. The molecule has 102 valence electrons. The van der Waals surface area contributed by atoms with Crippen LogP contribution in [0.15, 0.2) is 0 Å². The quantitative estimate of drug-likeness (QED) is 0.576. The van der Waals surface area contributed by atoms with Gasteiger partial charge in [-0.2, -0.15) is 0 Å². The molecule has 0 saturated heterocycles. The van der Waals surface area contributed by atoms with Gasteiger partial charge in [-0.1, -0.05) is 34.6 Å². The smallest absolute Gasteiger partial charge is 0.321 e. The minimum Gasteiger partial charge on any atom is -0.480 e. The third kappa shape index (κ3) is 8.65. The molecule has 6 heteroatoms. The lowest BCUT2D eigenvalue weighted by atomic mass is 9.88. The van der Waals surface area contributed by atoms with Crippen LogP contribution in [0.5, 0.6) is 0 Å². The van der Waals surface area contributed by atoms with Crippen LogP contribution in [0.4, 0.5) is 0 Å². The van der Waals surface area contributed by atoms with Gasteiger partial charge in [0.15, 0.2) is 0 Å². The number of nitrogens with two attached hydrogens (primary N) is 2. The molecule has 0 amide bonds. The SMILES string of the molecule is CC(C)(C)C(N)C(=O)O.CC(C)C(N)C(=O)O. The second-order valence-electron chi connectivity index (χ2n) is 5.29. The number of carboxylic acid groups (broad SMARTS) is 2. The zero-order valence-electron chi connectivity index (χ0n) is 11.1. The lowest BCUT2D eigenvalue weighted by Crippen LogP contribution is -2.41. The third-order valence-electron chi connectivity index (χ3n) is 2.20. The summed E-state index contributed by atoms with van der Waals surface area (Å²) in [5, 5.41) is 16.6. The van der Waals surface area contributed by atoms with Gasteiger partial charge in [-0.15, -0.1) is 0 Å². The Kier molecular flexibility index (Phi) is 7.76. The maximum Gasteiger partial charge on any atom is 0.321 e. The van der Waals surface area contributed by atoms with E-state index in [9.17, 15) is 9.59 Å². The van der Waals surface area contributed by atoms with Gasteiger partial charge in [-0.3, -0.25) is 9.59 Å². The lowest BCUT2D eigenvalue weighted by Gasteiger charge is -2.22. The van der Waals surface area contributed by atoms with Crippen LogP contribution in [0, 0.1) is 11.3 Å². The second-order valence-corrected chi connectivity index (χ2v) is 5.29. The molecule has 6 N–H and O–H groups in total. The van der Waals surface area contributed by atoms with Crippen LogP contribution >= 0.6 is 0 Å². The number of carboxylic acids is 2. The Morgan fingerprint density at radius 1 is 1.00 bits per heavy atom. The van der Waals surface area contributed by atoms with Crippen molar-refractivity contribution >= 4 is 11.9 Å². The van der Waals surface area contributed by atoms with Gasteiger partial charge in [0.2, 0.25) is 0 Å². The molecule has 0 aromatic rings. The normalized spacial score (nSPS) is 14.6.